The molecule has 1 heterocycles. The first-order valence-corrected chi connectivity index (χ1v) is 3.17. The molecule has 0 fully saturated rings. The predicted molar refractivity (Wildman–Crippen MR) is 38.3 cm³/mol. The van der Waals surface area contributed by atoms with Crippen molar-refractivity contribution in [1.82, 2.24) is 4.57 Å². The van der Waals surface area contributed by atoms with Gasteiger partial charge in [0.15, 0.2) is 5.82 Å². The molecule has 5 heteroatoms. The van der Waals surface area contributed by atoms with Gasteiger partial charge in [0.05, 0.1) is 0 Å². The summed E-state index contributed by atoms with van der Waals surface area (Å²) in [6, 6.07) is 0.984. The highest BCUT2D eigenvalue weighted by molar-refractivity contribution is 5.66. The van der Waals surface area contributed by atoms with Crippen LogP contribution in [-0.4, -0.2) is 15.6 Å². The first-order valence-electron chi connectivity index (χ1n) is 3.17. The van der Waals surface area contributed by atoms with Crippen LogP contribution in [-0.2, 0) is 11.3 Å². The van der Waals surface area contributed by atoms with Gasteiger partial charge in [-0.2, -0.15) is 0 Å². The van der Waals surface area contributed by atoms with Gasteiger partial charge < -0.3 is 9.67 Å². The number of rotatable bonds is 2. The minimum atomic E-state index is -1.09. The first-order chi connectivity index (χ1) is 5.59. The SMILES string of the molecule is O=C(O)Cn1ccc(=O)c(F)c1. The number of pyridine rings is 1. The number of hydrogen-bond acceptors (Lipinski definition) is 2. The molecule has 64 valence electrons. The molecule has 1 aromatic rings. The van der Waals surface area contributed by atoms with E-state index in [2.05, 4.69) is 0 Å². The molecule has 1 rings (SSSR count). The summed E-state index contributed by atoms with van der Waals surface area (Å²) in [4.78, 5) is 20.7. The van der Waals surface area contributed by atoms with Crippen molar-refractivity contribution >= 4 is 5.97 Å². The average Bonchev–Trinajstić information content (AvgIpc) is 1.96. The van der Waals surface area contributed by atoms with E-state index in [1.165, 1.54) is 6.20 Å². The fourth-order valence-corrected chi connectivity index (χ4v) is 0.750. The normalized spacial score (nSPS) is 9.75. The van der Waals surface area contributed by atoms with E-state index in [0.717, 1.165) is 16.8 Å². The third-order valence-electron chi connectivity index (χ3n) is 1.25. The third-order valence-corrected chi connectivity index (χ3v) is 1.25. The second-order valence-electron chi connectivity index (χ2n) is 2.22. The predicted octanol–water partition coefficient (Wildman–Crippen LogP) is 0.0720. The number of nitrogens with zero attached hydrogens (tertiary/aromatic N) is 1. The Labute approximate surface area is 66.9 Å². The zero-order valence-corrected chi connectivity index (χ0v) is 6.03. The van der Waals surface area contributed by atoms with Gasteiger partial charge in [-0.15, -0.1) is 0 Å². The molecule has 0 aliphatic carbocycles. The van der Waals surface area contributed by atoms with Crippen LogP contribution < -0.4 is 5.43 Å². The van der Waals surface area contributed by atoms with Crippen LogP contribution in [0.4, 0.5) is 4.39 Å². The summed E-state index contributed by atoms with van der Waals surface area (Å²) in [5.74, 6) is -2.03. The Balaban J connectivity index is 2.97. The molecule has 4 nitrogen and oxygen atoms in total. The summed E-state index contributed by atoms with van der Waals surface area (Å²) in [5.41, 5.74) is -0.739. The fourth-order valence-electron chi connectivity index (χ4n) is 0.750. The van der Waals surface area contributed by atoms with Gasteiger partial charge in [0.25, 0.3) is 0 Å². The molecule has 0 saturated carbocycles. The molecule has 1 N–H and O–H groups in total. The highest BCUT2D eigenvalue weighted by Crippen LogP contribution is 1.89. The Hall–Kier alpha value is -1.65. The maximum Gasteiger partial charge on any atom is 0.323 e. The molecule has 0 atom stereocenters. The number of carbonyl (C=O) groups is 1. The molecule has 0 aliphatic rings. The van der Waals surface area contributed by atoms with E-state index in [0.29, 0.717) is 0 Å². The Morgan fingerprint density at radius 2 is 2.33 bits per heavy atom. The van der Waals surface area contributed by atoms with Crippen LogP contribution >= 0.6 is 0 Å². The van der Waals surface area contributed by atoms with Gasteiger partial charge in [-0.1, -0.05) is 0 Å². The smallest absolute Gasteiger partial charge is 0.323 e. The van der Waals surface area contributed by atoms with Crippen molar-refractivity contribution in [2.24, 2.45) is 0 Å². The quantitative estimate of drug-likeness (QED) is 0.685. The summed E-state index contributed by atoms with van der Waals surface area (Å²) in [5, 5.41) is 8.31. The second kappa shape index (κ2) is 3.17. The molecule has 1 aromatic heterocycles. The van der Waals surface area contributed by atoms with Crippen molar-refractivity contribution in [1.29, 1.82) is 0 Å². The van der Waals surface area contributed by atoms with Crippen molar-refractivity contribution in [3.05, 3.63) is 34.5 Å². The summed E-state index contributed by atoms with van der Waals surface area (Å²) < 4.78 is 13.6. The van der Waals surface area contributed by atoms with Crippen LogP contribution in [0.2, 0.25) is 0 Å². The zero-order chi connectivity index (χ0) is 9.14. The minimum absolute atomic E-state index is 0.350. The van der Waals surface area contributed by atoms with Gasteiger partial charge in [-0.25, -0.2) is 4.39 Å². The van der Waals surface area contributed by atoms with Crippen LogP contribution in [0.5, 0.6) is 0 Å². The van der Waals surface area contributed by atoms with Crippen molar-refractivity contribution in [3.8, 4) is 0 Å². The maximum absolute atomic E-state index is 12.5. The lowest BCUT2D eigenvalue weighted by atomic mass is 10.4. The number of carboxylic acids is 1. The number of aromatic nitrogens is 1. The van der Waals surface area contributed by atoms with E-state index in [4.69, 9.17) is 5.11 Å². The van der Waals surface area contributed by atoms with E-state index < -0.39 is 17.2 Å². The van der Waals surface area contributed by atoms with E-state index in [-0.39, 0.29) is 6.54 Å². The number of halogens is 1. The topological polar surface area (TPSA) is 59.3 Å². The van der Waals surface area contributed by atoms with Crippen molar-refractivity contribution in [2.75, 3.05) is 0 Å². The van der Waals surface area contributed by atoms with Gasteiger partial charge in [-0.3, -0.25) is 9.59 Å². The second-order valence-corrected chi connectivity index (χ2v) is 2.22. The molecular weight excluding hydrogens is 165 g/mol. The molecule has 0 radical (unpaired) electrons. The molecule has 0 aliphatic heterocycles. The molecule has 0 spiro atoms. The molecule has 0 saturated heterocycles. The zero-order valence-electron chi connectivity index (χ0n) is 6.03. The fraction of sp³-hybridized carbons (Fsp3) is 0.143. The monoisotopic (exact) mass is 171 g/mol. The molecular formula is C7H6FNO3. The van der Waals surface area contributed by atoms with Gasteiger partial charge in [0.1, 0.15) is 6.54 Å². The van der Waals surface area contributed by atoms with Crippen LogP contribution in [0.15, 0.2) is 23.3 Å². The molecule has 0 amide bonds. The van der Waals surface area contributed by atoms with Crippen LogP contribution in [0.1, 0.15) is 0 Å². The summed E-state index contributed by atoms with van der Waals surface area (Å²) in [6.07, 6.45) is 2.08. The van der Waals surface area contributed by atoms with E-state index in [1.807, 2.05) is 0 Å². The Morgan fingerprint density at radius 3 is 2.83 bits per heavy atom. The minimum Gasteiger partial charge on any atom is -0.480 e. The Bertz CT molecular complexity index is 358. The van der Waals surface area contributed by atoms with Gasteiger partial charge in [0.2, 0.25) is 5.43 Å². The van der Waals surface area contributed by atoms with E-state index in [9.17, 15) is 14.0 Å². The molecule has 0 unspecified atom stereocenters. The van der Waals surface area contributed by atoms with Crippen LogP contribution in [0, 0.1) is 5.82 Å². The number of carboxylic acid groups (broad SMARTS) is 1. The summed E-state index contributed by atoms with van der Waals surface area (Å²) >= 11 is 0. The highest BCUT2D eigenvalue weighted by Gasteiger charge is 2.00. The largest absolute Gasteiger partial charge is 0.480 e. The van der Waals surface area contributed by atoms with Gasteiger partial charge >= 0.3 is 5.97 Å². The molecule has 0 aromatic carbocycles. The molecule has 12 heavy (non-hydrogen) atoms. The van der Waals surface area contributed by atoms with Crippen LogP contribution in [0.25, 0.3) is 0 Å². The standard InChI is InChI=1S/C7H6FNO3/c8-5-3-9(4-7(11)12)2-1-6(5)10/h1-3H,4H2,(H,11,12). The van der Waals surface area contributed by atoms with Crippen LogP contribution in [0.3, 0.4) is 0 Å². The average molecular weight is 171 g/mol. The summed E-state index contributed by atoms with van der Waals surface area (Å²) in [6.45, 7) is -0.350. The Kier molecular flexibility index (Phi) is 2.23. The van der Waals surface area contributed by atoms with E-state index in [1.54, 1.807) is 0 Å². The highest BCUT2D eigenvalue weighted by atomic mass is 19.1. The number of hydrogen-bond donors (Lipinski definition) is 1. The lowest BCUT2D eigenvalue weighted by Crippen LogP contribution is -2.13. The van der Waals surface area contributed by atoms with E-state index >= 15 is 0 Å². The third kappa shape index (κ3) is 1.91. The van der Waals surface area contributed by atoms with Crippen molar-refractivity contribution < 1.29 is 14.3 Å². The van der Waals surface area contributed by atoms with Crippen molar-refractivity contribution in [3.63, 3.8) is 0 Å². The van der Waals surface area contributed by atoms with Crippen molar-refractivity contribution in [2.45, 2.75) is 6.54 Å². The lowest BCUT2D eigenvalue weighted by molar-refractivity contribution is -0.137. The number of aliphatic carboxylic acids is 1. The first kappa shape index (κ1) is 8.45. The Morgan fingerprint density at radius 1 is 1.67 bits per heavy atom. The van der Waals surface area contributed by atoms with Gasteiger partial charge in [-0.05, 0) is 0 Å². The maximum atomic E-state index is 12.5. The molecule has 0 bridgehead atoms. The summed E-state index contributed by atoms with van der Waals surface area (Å²) in [7, 11) is 0. The van der Waals surface area contributed by atoms with Gasteiger partial charge in [0, 0.05) is 18.5 Å². The lowest BCUT2D eigenvalue weighted by Gasteiger charge is -2.00.